The smallest absolute Gasteiger partial charge is 0.262 e. The molecule has 0 atom stereocenters. The Kier molecular flexibility index (Phi) is 4.79. The highest BCUT2D eigenvalue weighted by Gasteiger charge is 2.12. The maximum atomic E-state index is 12.3. The maximum absolute atomic E-state index is 12.3. The summed E-state index contributed by atoms with van der Waals surface area (Å²) in [5.74, 6) is 1.25. The van der Waals surface area contributed by atoms with Gasteiger partial charge in [-0.25, -0.2) is 0 Å². The second kappa shape index (κ2) is 7.40. The first-order chi connectivity index (χ1) is 13.5. The summed E-state index contributed by atoms with van der Waals surface area (Å²) >= 11 is 1.45. The van der Waals surface area contributed by atoms with E-state index >= 15 is 0 Å². The van der Waals surface area contributed by atoms with E-state index in [1.165, 1.54) is 11.3 Å². The first-order valence-electron chi connectivity index (χ1n) is 8.79. The van der Waals surface area contributed by atoms with Crippen molar-refractivity contribution in [1.29, 1.82) is 0 Å². The predicted octanol–water partition coefficient (Wildman–Crippen LogP) is 3.80. The lowest BCUT2D eigenvalue weighted by molar-refractivity contribution is -0.118. The Morgan fingerprint density at radius 2 is 1.96 bits per heavy atom. The summed E-state index contributed by atoms with van der Waals surface area (Å²) in [4.78, 5) is 13.0. The standard InChI is InChI=1S/C20H19N5O2S/c1-12-6-4-9-17(13(12)2)27-11-18(26)21-16-8-5-7-15(10-16)19-24-25-14(3)22-23-20(25)28-19/h4-10H,11H2,1-3H3,(H,21,26). The van der Waals surface area contributed by atoms with Crippen LogP contribution < -0.4 is 10.1 Å². The zero-order valence-electron chi connectivity index (χ0n) is 15.8. The largest absolute Gasteiger partial charge is 0.483 e. The number of anilines is 1. The predicted molar refractivity (Wildman–Crippen MR) is 109 cm³/mol. The van der Waals surface area contributed by atoms with Crippen LogP contribution in [0.25, 0.3) is 15.5 Å². The Morgan fingerprint density at radius 3 is 2.79 bits per heavy atom. The zero-order chi connectivity index (χ0) is 19.7. The molecule has 4 aromatic rings. The number of hydrogen-bond acceptors (Lipinski definition) is 6. The molecule has 0 saturated heterocycles. The molecular formula is C20H19N5O2S. The van der Waals surface area contributed by atoms with Crippen molar-refractivity contribution >= 4 is 27.9 Å². The topological polar surface area (TPSA) is 81.4 Å². The molecule has 0 unspecified atom stereocenters. The summed E-state index contributed by atoms with van der Waals surface area (Å²) in [5, 5.41) is 16.3. The fourth-order valence-corrected chi connectivity index (χ4v) is 3.66. The number of carbonyl (C=O) groups is 1. The number of aryl methyl sites for hydroxylation is 2. The number of rotatable bonds is 5. The van der Waals surface area contributed by atoms with E-state index in [-0.39, 0.29) is 12.5 Å². The minimum Gasteiger partial charge on any atom is -0.483 e. The third-order valence-corrected chi connectivity index (χ3v) is 5.40. The molecule has 7 nitrogen and oxygen atoms in total. The van der Waals surface area contributed by atoms with Gasteiger partial charge in [0.15, 0.2) is 12.4 Å². The summed E-state index contributed by atoms with van der Waals surface area (Å²) in [7, 11) is 0. The van der Waals surface area contributed by atoms with E-state index in [1.54, 1.807) is 4.52 Å². The molecule has 0 bridgehead atoms. The highest BCUT2D eigenvalue weighted by Crippen LogP contribution is 2.27. The molecule has 4 rings (SSSR count). The van der Waals surface area contributed by atoms with Crippen molar-refractivity contribution in [2.45, 2.75) is 20.8 Å². The summed E-state index contributed by atoms with van der Waals surface area (Å²) in [6.45, 7) is 5.80. The number of benzene rings is 2. The third kappa shape index (κ3) is 3.59. The number of amides is 1. The van der Waals surface area contributed by atoms with E-state index in [0.717, 1.165) is 38.2 Å². The second-order valence-corrected chi connectivity index (χ2v) is 7.42. The Balaban J connectivity index is 1.45. The highest BCUT2D eigenvalue weighted by atomic mass is 32.1. The molecule has 0 aliphatic rings. The van der Waals surface area contributed by atoms with Gasteiger partial charge in [-0.05, 0) is 50.1 Å². The van der Waals surface area contributed by atoms with E-state index < -0.39 is 0 Å². The van der Waals surface area contributed by atoms with Crippen LogP contribution >= 0.6 is 11.3 Å². The molecule has 2 aromatic heterocycles. The molecule has 0 spiro atoms. The van der Waals surface area contributed by atoms with Gasteiger partial charge in [0.1, 0.15) is 10.8 Å². The van der Waals surface area contributed by atoms with Gasteiger partial charge < -0.3 is 10.1 Å². The van der Waals surface area contributed by atoms with Crippen molar-refractivity contribution in [3.63, 3.8) is 0 Å². The van der Waals surface area contributed by atoms with Crippen LogP contribution in [0.5, 0.6) is 5.75 Å². The summed E-state index contributed by atoms with van der Waals surface area (Å²) < 4.78 is 7.38. The van der Waals surface area contributed by atoms with E-state index in [9.17, 15) is 4.79 Å². The summed E-state index contributed by atoms with van der Waals surface area (Å²) in [6, 6.07) is 13.4. The molecule has 1 N–H and O–H groups in total. The first-order valence-corrected chi connectivity index (χ1v) is 9.61. The number of hydrogen-bond donors (Lipinski definition) is 1. The molecule has 8 heteroatoms. The SMILES string of the molecule is Cc1cccc(OCC(=O)Nc2cccc(-c3nn4c(C)nnc4s3)c2)c1C. The molecule has 28 heavy (non-hydrogen) atoms. The van der Waals surface area contributed by atoms with E-state index in [0.29, 0.717) is 5.69 Å². The van der Waals surface area contributed by atoms with Crippen LogP contribution in [0.3, 0.4) is 0 Å². The van der Waals surface area contributed by atoms with Crippen molar-refractivity contribution in [3.05, 3.63) is 59.4 Å². The van der Waals surface area contributed by atoms with Crippen LogP contribution in [0.15, 0.2) is 42.5 Å². The molecule has 0 aliphatic carbocycles. The Hall–Kier alpha value is -3.26. The maximum Gasteiger partial charge on any atom is 0.262 e. The molecule has 2 heterocycles. The van der Waals surface area contributed by atoms with Crippen LogP contribution in [-0.2, 0) is 4.79 Å². The van der Waals surface area contributed by atoms with E-state index in [1.807, 2.05) is 63.2 Å². The number of carbonyl (C=O) groups excluding carboxylic acids is 1. The summed E-state index contributed by atoms with van der Waals surface area (Å²) in [5.41, 5.74) is 3.76. The quantitative estimate of drug-likeness (QED) is 0.558. The first kappa shape index (κ1) is 18.1. The third-order valence-electron chi connectivity index (χ3n) is 4.45. The van der Waals surface area contributed by atoms with Crippen molar-refractivity contribution in [2.24, 2.45) is 0 Å². The fraction of sp³-hybridized carbons (Fsp3) is 0.200. The van der Waals surface area contributed by atoms with Crippen molar-refractivity contribution < 1.29 is 9.53 Å². The van der Waals surface area contributed by atoms with Crippen molar-refractivity contribution in [3.8, 4) is 16.3 Å². The number of fused-ring (bicyclic) bond motifs is 1. The lowest BCUT2D eigenvalue weighted by atomic mass is 10.1. The molecule has 0 saturated carbocycles. The zero-order valence-corrected chi connectivity index (χ0v) is 16.6. The van der Waals surface area contributed by atoms with Gasteiger partial charge >= 0.3 is 0 Å². The normalized spacial score (nSPS) is 11.0. The van der Waals surface area contributed by atoms with Gasteiger partial charge in [0.05, 0.1) is 0 Å². The van der Waals surface area contributed by atoms with Crippen molar-refractivity contribution in [1.82, 2.24) is 19.8 Å². The number of ether oxygens (including phenoxy) is 1. The average Bonchev–Trinajstić information content (AvgIpc) is 3.25. The van der Waals surface area contributed by atoms with Crippen LogP contribution in [-0.4, -0.2) is 32.3 Å². The number of nitrogens with zero attached hydrogens (tertiary/aromatic N) is 4. The monoisotopic (exact) mass is 393 g/mol. The van der Waals surface area contributed by atoms with Crippen molar-refractivity contribution in [2.75, 3.05) is 11.9 Å². The minimum absolute atomic E-state index is 0.0511. The van der Waals surface area contributed by atoms with Crippen LogP contribution in [0.4, 0.5) is 5.69 Å². The molecule has 0 aliphatic heterocycles. The van der Waals surface area contributed by atoms with Gasteiger partial charge in [-0.3, -0.25) is 4.79 Å². The van der Waals surface area contributed by atoms with Gasteiger partial charge in [-0.2, -0.15) is 9.61 Å². The Bertz CT molecular complexity index is 1160. The van der Waals surface area contributed by atoms with Crippen LogP contribution in [0.2, 0.25) is 0 Å². The molecule has 142 valence electrons. The number of nitrogens with one attached hydrogen (secondary N) is 1. The molecule has 0 fully saturated rings. The second-order valence-electron chi connectivity index (χ2n) is 6.46. The lowest BCUT2D eigenvalue weighted by Gasteiger charge is -2.11. The fourth-order valence-electron chi connectivity index (χ4n) is 2.78. The average molecular weight is 393 g/mol. The van der Waals surface area contributed by atoms with Gasteiger partial charge in [0.25, 0.3) is 5.91 Å². The van der Waals surface area contributed by atoms with Gasteiger partial charge in [-0.1, -0.05) is 35.6 Å². The lowest BCUT2D eigenvalue weighted by Crippen LogP contribution is -2.20. The minimum atomic E-state index is -0.216. The van der Waals surface area contributed by atoms with Crippen LogP contribution in [0.1, 0.15) is 17.0 Å². The van der Waals surface area contributed by atoms with E-state index in [4.69, 9.17) is 4.74 Å². The molecular weight excluding hydrogens is 374 g/mol. The summed E-state index contributed by atoms with van der Waals surface area (Å²) in [6.07, 6.45) is 0. The molecule has 2 aromatic carbocycles. The Labute approximate surface area is 166 Å². The van der Waals surface area contributed by atoms with Gasteiger partial charge in [0, 0.05) is 11.3 Å². The highest BCUT2D eigenvalue weighted by molar-refractivity contribution is 7.19. The molecule has 1 amide bonds. The number of aromatic nitrogens is 4. The van der Waals surface area contributed by atoms with Gasteiger partial charge in [0.2, 0.25) is 4.96 Å². The molecule has 0 radical (unpaired) electrons. The van der Waals surface area contributed by atoms with Crippen LogP contribution in [0, 0.1) is 20.8 Å². The van der Waals surface area contributed by atoms with E-state index in [2.05, 4.69) is 20.6 Å². The Morgan fingerprint density at radius 1 is 1.14 bits per heavy atom. The van der Waals surface area contributed by atoms with Gasteiger partial charge in [-0.15, -0.1) is 10.2 Å².